The third-order valence-electron chi connectivity index (χ3n) is 3.36. The highest BCUT2D eigenvalue weighted by Gasteiger charge is 2.16. The number of hydrogen-bond donors (Lipinski definition) is 1. The molecule has 1 N–H and O–H groups in total. The molecular weight excluding hydrogens is 353 g/mol. The van der Waals surface area contributed by atoms with E-state index < -0.39 is 0 Å². The minimum Gasteiger partial charge on any atom is -0.310 e. The summed E-state index contributed by atoms with van der Waals surface area (Å²) in [4.78, 5) is 0. The molecule has 0 saturated heterocycles. The Kier molecular flexibility index (Phi) is 6.22. The van der Waals surface area contributed by atoms with E-state index in [1.807, 2.05) is 30.3 Å². The van der Waals surface area contributed by atoms with Crippen LogP contribution in [0.3, 0.4) is 0 Å². The molecule has 0 aromatic heterocycles. The van der Waals surface area contributed by atoms with Gasteiger partial charge in [-0.15, -0.1) is 0 Å². The molecule has 0 radical (unpaired) electrons. The van der Waals surface area contributed by atoms with Crippen molar-refractivity contribution in [1.29, 1.82) is 0 Å². The zero-order valence-corrected chi connectivity index (χ0v) is 14.2. The Bertz CT molecular complexity index is 603. The third kappa shape index (κ3) is 4.53. The van der Waals surface area contributed by atoms with Gasteiger partial charge in [-0.3, -0.25) is 0 Å². The molecule has 21 heavy (non-hydrogen) atoms. The monoisotopic (exact) mass is 369 g/mol. The van der Waals surface area contributed by atoms with E-state index in [4.69, 9.17) is 11.6 Å². The lowest BCUT2D eigenvalue weighted by Gasteiger charge is -2.21. The summed E-state index contributed by atoms with van der Waals surface area (Å²) in [6.07, 6.45) is 1.81. The second kappa shape index (κ2) is 7.92. The number of halogens is 3. The first-order chi connectivity index (χ1) is 10.1. The lowest BCUT2D eigenvalue weighted by atomic mass is 9.98. The van der Waals surface area contributed by atoms with Gasteiger partial charge in [0.05, 0.1) is 0 Å². The molecule has 1 nitrogen and oxygen atoms in total. The molecule has 0 amide bonds. The summed E-state index contributed by atoms with van der Waals surface area (Å²) in [5, 5.41) is 4.27. The van der Waals surface area contributed by atoms with Crippen LogP contribution in [0.5, 0.6) is 0 Å². The molecule has 2 aromatic rings. The van der Waals surface area contributed by atoms with Crippen molar-refractivity contribution in [2.75, 3.05) is 6.54 Å². The van der Waals surface area contributed by atoms with Gasteiger partial charge in [0.2, 0.25) is 0 Å². The summed E-state index contributed by atoms with van der Waals surface area (Å²) >= 11 is 9.71. The van der Waals surface area contributed by atoms with Crippen LogP contribution in [0.4, 0.5) is 4.39 Å². The van der Waals surface area contributed by atoms with Crippen LogP contribution < -0.4 is 5.32 Å². The summed E-state index contributed by atoms with van der Waals surface area (Å²) in [7, 11) is 0. The minimum absolute atomic E-state index is 0.0971. The van der Waals surface area contributed by atoms with Gasteiger partial charge in [-0.05, 0) is 48.7 Å². The molecule has 0 aliphatic rings. The van der Waals surface area contributed by atoms with E-state index in [0.29, 0.717) is 0 Å². The Hall–Kier alpha value is -0.900. The van der Waals surface area contributed by atoms with Crippen molar-refractivity contribution in [3.63, 3.8) is 0 Å². The van der Waals surface area contributed by atoms with Crippen LogP contribution in [0.25, 0.3) is 0 Å². The first-order valence-corrected chi connectivity index (χ1v) is 8.20. The SMILES string of the molecule is CCCNC(Cc1ccccc1Cl)c1ccc(F)cc1Br. The third-order valence-corrected chi connectivity index (χ3v) is 4.42. The molecule has 1 atom stereocenters. The summed E-state index contributed by atoms with van der Waals surface area (Å²) in [6, 6.07) is 12.7. The molecule has 0 saturated carbocycles. The van der Waals surface area contributed by atoms with E-state index in [9.17, 15) is 4.39 Å². The molecule has 0 fully saturated rings. The van der Waals surface area contributed by atoms with Gasteiger partial charge in [-0.1, -0.05) is 58.7 Å². The molecule has 2 aromatic carbocycles. The fourth-order valence-electron chi connectivity index (χ4n) is 2.28. The predicted octanol–water partition coefficient (Wildman–Crippen LogP) is 5.53. The zero-order chi connectivity index (χ0) is 15.2. The molecule has 0 spiro atoms. The quantitative estimate of drug-likeness (QED) is 0.705. The summed E-state index contributed by atoms with van der Waals surface area (Å²) in [6.45, 7) is 3.03. The Balaban J connectivity index is 2.27. The van der Waals surface area contributed by atoms with Crippen molar-refractivity contribution in [3.05, 3.63) is 68.9 Å². The van der Waals surface area contributed by atoms with Crippen molar-refractivity contribution in [2.45, 2.75) is 25.8 Å². The van der Waals surface area contributed by atoms with Gasteiger partial charge in [-0.2, -0.15) is 0 Å². The summed E-state index contributed by atoms with van der Waals surface area (Å²) in [5.41, 5.74) is 2.13. The lowest BCUT2D eigenvalue weighted by Crippen LogP contribution is -2.24. The highest BCUT2D eigenvalue weighted by Crippen LogP contribution is 2.29. The largest absolute Gasteiger partial charge is 0.310 e. The van der Waals surface area contributed by atoms with Gasteiger partial charge >= 0.3 is 0 Å². The Morgan fingerprint density at radius 2 is 2.00 bits per heavy atom. The van der Waals surface area contributed by atoms with E-state index in [1.165, 1.54) is 12.1 Å². The fourth-order valence-corrected chi connectivity index (χ4v) is 3.12. The van der Waals surface area contributed by atoms with Crippen LogP contribution in [0.1, 0.15) is 30.5 Å². The van der Waals surface area contributed by atoms with E-state index in [0.717, 1.165) is 40.0 Å². The molecule has 112 valence electrons. The highest BCUT2D eigenvalue weighted by molar-refractivity contribution is 9.10. The summed E-state index contributed by atoms with van der Waals surface area (Å²) in [5.74, 6) is -0.238. The van der Waals surface area contributed by atoms with Crippen LogP contribution in [-0.4, -0.2) is 6.54 Å². The van der Waals surface area contributed by atoms with E-state index in [2.05, 4.69) is 28.2 Å². The van der Waals surface area contributed by atoms with E-state index >= 15 is 0 Å². The average Bonchev–Trinajstić information content (AvgIpc) is 2.46. The Labute approximate surface area is 138 Å². The smallest absolute Gasteiger partial charge is 0.124 e. The van der Waals surface area contributed by atoms with Crippen LogP contribution in [0, 0.1) is 5.82 Å². The van der Waals surface area contributed by atoms with Crippen molar-refractivity contribution >= 4 is 27.5 Å². The van der Waals surface area contributed by atoms with Gasteiger partial charge in [0.25, 0.3) is 0 Å². The van der Waals surface area contributed by atoms with Gasteiger partial charge in [0, 0.05) is 15.5 Å². The minimum atomic E-state index is -0.238. The Morgan fingerprint density at radius 1 is 1.24 bits per heavy atom. The number of benzene rings is 2. The van der Waals surface area contributed by atoms with Crippen LogP contribution >= 0.6 is 27.5 Å². The Morgan fingerprint density at radius 3 is 2.67 bits per heavy atom. The number of hydrogen-bond acceptors (Lipinski definition) is 1. The normalized spacial score (nSPS) is 12.4. The molecule has 0 bridgehead atoms. The molecule has 4 heteroatoms. The topological polar surface area (TPSA) is 12.0 Å². The maximum atomic E-state index is 13.3. The molecule has 0 aliphatic heterocycles. The zero-order valence-electron chi connectivity index (χ0n) is 11.9. The molecular formula is C17H18BrClFN. The van der Waals surface area contributed by atoms with Crippen molar-refractivity contribution < 1.29 is 4.39 Å². The molecule has 0 aliphatic carbocycles. The van der Waals surface area contributed by atoms with Crippen molar-refractivity contribution in [3.8, 4) is 0 Å². The number of nitrogens with one attached hydrogen (secondary N) is 1. The van der Waals surface area contributed by atoms with Gasteiger partial charge < -0.3 is 5.32 Å². The first-order valence-electron chi connectivity index (χ1n) is 7.03. The van der Waals surface area contributed by atoms with Crippen molar-refractivity contribution in [2.24, 2.45) is 0 Å². The second-order valence-corrected chi connectivity index (χ2v) is 6.23. The maximum Gasteiger partial charge on any atom is 0.124 e. The second-order valence-electron chi connectivity index (χ2n) is 4.97. The molecule has 2 rings (SSSR count). The lowest BCUT2D eigenvalue weighted by molar-refractivity contribution is 0.526. The van der Waals surface area contributed by atoms with Gasteiger partial charge in [0.1, 0.15) is 5.82 Å². The summed E-state index contributed by atoms with van der Waals surface area (Å²) < 4.78 is 14.1. The van der Waals surface area contributed by atoms with Gasteiger partial charge in [0.15, 0.2) is 0 Å². The van der Waals surface area contributed by atoms with E-state index in [-0.39, 0.29) is 11.9 Å². The van der Waals surface area contributed by atoms with E-state index in [1.54, 1.807) is 0 Å². The standard InChI is InChI=1S/C17H18BrClFN/c1-2-9-21-17(10-12-5-3-4-6-16(12)19)14-8-7-13(20)11-15(14)18/h3-8,11,17,21H,2,9-10H2,1H3. The molecule has 1 unspecified atom stereocenters. The average molecular weight is 371 g/mol. The number of rotatable bonds is 6. The molecule has 0 heterocycles. The maximum absolute atomic E-state index is 13.3. The van der Waals surface area contributed by atoms with Crippen LogP contribution in [-0.2, 0) is 6.42 Å². The predicted molar refractivity (Wildman–Crippen MR) is 90.3 cm³/mol. The van der Waals surface area contributed by atoms with Gasteiger partial charge in [-0.25, -0.2) is 4.39 Å². The highest BCUT2D eigenvalue weighted by atomic mass is 79.9. The first kappa shape index (κ1) is 16.5. The van der Waals surface area contributed by atoms with Crippen molar-refractivity contribution in [1.82, 2.24) is 5.32 Å². The van der Waals surface area contributed by atoms with Crippen LogP contribution in [0.15, 0.2) is 46.9 Å². The van der Waals surface area contributed by atoms with Crippen LogP contribution in [0.2, 0.25) is 5.02 Å². The fraction of sp³-hybridized carbons (Fsp3) is 0.294.